The molecule has 1 amide bonds. The van der Waals surface area contributed by atoms with E-state index >= 15 is 0 Å². The van der Waals surface area contributed by atoms with E-state index in [2.05, 4.69) is 15.9 Å². The zero-order valence-corrected chi connectivity index (χ0v) is 17.5. The smallest absolute Gasteiger partial charge is 0.424 e. The van der Waals surface area contributed by atoms with Gasteiger partial charge in [0.25, 0.3) is 10.0 Å². The quantitative estimate of drug-likeness (QED) is 0.622. The minimum Gasteiger partial charge on any atom is -0.449 e. The molecule has 0 aromatic heterocycles. The van der Waals surface area contributed by atoms with Gasteiger partial charge in [0.2, 0.25) is 0 Å². The van der Waals surface area contributed by atoms with Crippen LogP contribution in [0.15, 0.2) is 29.2 Å². The van der Waals surface area contributed by atoms with Gasteiger partial charge in [0.05, 0.1) is 17.5 Å². The van der Waals surface area contributed by atoms with Crippen LogP contribution in [0, 0.1) is 12.8 Å². The molecule has 1 aliphatic heterocycles. The summed E-state index contributed by atoms with van der Waals surface area (Å²) in [5.41, 5.74) is 0.970. The third kappa shape index (κ3) is 4.25. The fourth-order valence-electron chi connectivity index (χ4n) is 3.91. The number of carbonyl (C=O) groups excluding carboxylic acids is 1. The van der Waals surface area contributed by atoms with Crippen molar-refractivity contribution in [1.29, 1.82) is 0 Å². The van der Waals surface area contributed by atoms with Crippen molar-refractivity contribution in [2.24, 2.45) is 5.92 Å². The van der Waals surface area contributed by atoms with Gasteiger partial charge in [0.1, 0.15) is 0 Å². The first-order valence-electron chi connectivity index (χ1n) is 9.31. The maximum atomic E-state index is 13.1. The van der Waals surface area contributed by atoms with Gasteiger partial charge in [-0.25, -0.2) is 13.2 Å². The first-order chi connectivity index (χ1) is 12.4. The lowest BCUT2D eigenvalue weighted by molar-refractivity contribution is 0.0766. The van der Waals surface area contributed by atoms with Crippen molar-refractivity contribution in [3.05, 3.63) is 29.8 Å². The van der Waals surface area contributed by atoms with Gasteiger partial charge in [0.15, 0.2) is 0 Å². The predicted octanol–water partition coefficient (Wildman–Crippen LogP) is 4.63. The molecular formula is C19H26BrNO4S. The van der Waals surface area contributed by atoms with E-state index in [1.165, 1.54) is 32.1 Å². The highest BCUT2D eigenvalue weighted by Gasteiger charge is 2.43. The second kappa shape index (κ2) is 8.30. The Balaban J connectivity index is 1.83. The van der Waals surface area contributed by atoms with E-state index < -0.39 is 22.2 Å². The van der Waals surface area contributed by atoms with Crippen molar-refractivity contribution >= 4 is 32.0 Å². The molecule has 1 aliphatic carbocycles. The molecule has 5 nitrogen and oxygen atoms in total. The van der Waals surface area contributed by atoms with Crippen LogP contribution in [0.4, 0.5) is 4.79 Å². The molecule has 26 heavy (non-hydrogen) atoms. The standard InChI is InChI=1S/C19H26BrNO4S/c1-14-7-9-16(10-8-14)26(23,24)21-18(11-12-25-19(21)22)17(20)13-15-5-3-2-4-6-15/h7-10,15,17-18H,2-6,11-13H2,1H3/t17-,18+/m0/s1. The Labute approximate surface area is 164 Å². The molecule has 1 saturated heterocycles. The van der Waals surface area contributed by atoms with Crippen molar-refractivity contribution in [1.82, 2.24) is 4.31 Å². The monoisotopic (exact) mass is 443 g/mol. The Hall–Kier alpha value is -1.08. The number of carbonyl (C=O) groups is 1. The molecule has 2 atom stereocenters. The zero-order valence-electron chi connectivity index (χ0n) is 15.1. The molecule has 144 valence electrons. The highest BCUT2D eigenvalue weighted by Crippen LogP contribution is 2.35. The summed E-state index contributed by atoms with van der Waals surface area (Å²) < 4.78 is 32.3. The predicted molar refractivity (Wildman–Crippen MR) is 104 cm³/mol. The highest BCUT2D eigenvalue weighted by molar-refractivity contribution is 9.09. The van der Waals surface area contributed by atoms with E-state index in [0.29, 0.717) is 12.3 Å². The van der Waals surface area contributed by atoms with Gasteiger partial charge in [-0.05, 0) is 31.4 Å². The third-order valence-electron chi connectivity index (χ3n) is 5.40. The lowest BCUT2D eigenvalue weighted by atomic mass is 9.85. The van der Waals surface area contributed by atoms with Crippen LogP contribution in [0.3, 0.4) is 0 Å². The number of aryl methyl sites for hydroxylation is 1. The summed E-state index contributed by atoms with van der Waals surface area (Å²) in [6, 6.07) is 6.17. The van der Waals surface area contributed by atoms with Crippen LogP contribution >= 0.6 is 15.9 Å². The van der Waals surface area contributed by atoms with Crippen LogP contribution in [0.25, 0.3) is 0 Å². The van der Waals surface area contributed by atoms with Crippen molar-refractivity contribution < 1.29 is 17.9 Å². The maximum absolute atomic E-state index is 13.1. The number of alkyl halides is 1. The molecule has 1 saturated carbocycles. The number of cyclic esters (lactones) is 1. The van der Waals surface area contributed by atoms with Gasteiger partial charge < -0.3 is 4.74 Å². The van der Waals surface area contributed by atoms with Crippen LogP contribution in [0.1, 0.15) is 50.5 Å². The average Bonchev–Trinajstić information content (AvgIpc) is 2.62. The number of amides is 1. The van der Waals surface area contributed by atoms with E-state index in [9.17, 15) is 13.2 Å². The molecule has 7 heteroatoms. The normalized spacial score (nSPS) is 23.5. The summed E-state index contributed by atoms with van der Waals surface area (Å²) in [5.74, 6) is 0.593. The first-order valence-corrected chi connectivity index (χ1v) is 11.7. The van der Waals surface area contributed by atoms with Crippen LogP contribution in [0.2, 0.25) is 0 Å². The lowest BCUT2D eigenvalue weighted by Gasteiger charge is -2.38. The summed E-state index contributed by atoms with van der Waals surface area (Å²) in [5, 5.41) is 0. The Morgan fingerprint density at radius 2 is 1.81 bits per heavy atom. The number of ether oxygens (including phenoxy) is 1. The number of hydrogen-bond acceptors (Lipinski definition) is 4. The van der Waals surface area contributed by atoms with Crippen LogP contribution in [0.5, 0.6) is 0 Å². The summed E-state index contributed by atoms with van der Waals surface area (Å²) in [6.07, 6.45) is 6.76. The SMILES string of the molecule is Cc1ccc(S(=O)(=O)N2C(=O)OCC[C@@H]2[C@@H](Br)CC2CCCCC2)cc1. The molecule has 0 bridgehead atoms. The van der Waals surface area contributed by atoms with E-state index in [1.54, 1.807) is 24.3 Å². The molecule has 2 aliphatic rings. The third-order valence-corrected chi connectivity index (χ3v) is 8.19. The molecule has 1 heterocycles. The molecule has 0 unspecified atom stereocenters. The topological polar surface area (TPSA) is 63.7 Å². The Bertz CT molecular complexity index is 728. The number of rotatable bonds is 5. The Morgan fingerprint density at radius 1 is 1.15 bits per heavy atom. The fourth-order valence-corrected chi connectivity index (χ4v) is 6.66. The van der Waals surface area contributed by atoms with Gasteiger partial charge in [-0.2, -0.15) is 4.31 Å². The first kappa shape index (κ1) is 19.7. The van der Waals surface area contributed by atoms with Gasteiger partial charge in [0, 0.05) is 11.2 Å². The lowest BCUT2D eigenvalue weighted by Crippen LogP contribution is -2.52. The average molecular weight is 444 g/mol. The molecule has 1 aromatic rings. The van der Waals surface area contributed by atoms with Gasteiger partial charge in [-0.15, -0.1) is 0 Å². The van der Waals surface area contributed by atoms with E-state index in [0.717, 1.165) is 16.3 Å². The second-order valence-electron chi connectivity index (χ2n) is 7.34. The van der Waals surface area contributed by atoms with Crippen LogP contribution < -0.4 is 0 Å². The summed E-state index contributed by atoms with van der Waals surface area (Å²) in [4.78, 5) is 12.5. The van der Waals surface area contributed by atoms with Crippen molar-refractivity contribution in [3.8, 4) is 0 Å². The minimum absolute atomic E-state index is 0.0568. The molecular weight excluding hydrogens is 418 g/mol. The number of benzene rings is 1. The van der Waals surface area contributed by atoms with E-state index in [-0.39, 0.29) is 16.3 Å². The minimum atomic E-state index is -3.93. The molecule has 1 aromatic carbocycles. The summed E-state index contributed by atoms with van der Waals surface area (Å²) in [6.45, 7) is 2.16. The molecule has 0 N–H and O–H groups in total. The van der Waals surface area contributed by atoms with Gasteiger partial charge >= 0.3 is 6.09 Å². The van der Waals surface area contributed by atoms with E-state index in [4.69, 9.17) is 4.74 Å². The zero-order chi connectivity index (χ0) is 18.7. The number of sulfonamides is 1. The van der Waals surface area contributed by atoms with Crippen molar-refractivity contribution in [2.75, 3.05) is 6.61 Å². The second-order valence-corrected chi connectivity index (χ2v) is 10.3. The maximum Gasteiger partial charge on any atom is 0.424 e. The fraction of sp³-hybridized carbons (Fsp3) is 0.632. The molecule has 3 rings (SSSR count). The molecule has 2 fully saturated rings. The van der Waals surface area contributed by atoms with Crippen molar-refractivity contribution in [2.45, 2.75) is 67.6 Å². The molecule has 0 spiro atoms. The Kier molecular flexibility index (Phi) is 6.28. The van der Waals surface area contributed by atoms with Crippen LogP contribution in [-0.2, 0) is 14.8 Å². The molecule has 0 radical (unpaired) electrons. The van der Waals surface area contributed by atoms with Crippen molar-refractivity contribution in [3.63, 3.8) is 0 Å². The number of halogens is 1. The van der Waals surface area contributed by atoms with Gasteiger partial charge in [-0.3, -0.25) is 0 Å². The largest absolute Gasteiger partial charge is 0.449 e. The number of hydrogen-bond donors (Lipinski definition) is 0. The Morgan fingerprint density at radius 3 is 2.46 bits per heavy atom. The number of nitrogens with zero attached hydrogens (tertiary/aromatic N) is 1. The van der Waals surface area contributed by atoms with Gasteiger partial charge in [-0.1, -0.05) is 65.7 Å². The summed E-state index contributed by atoms with van der Waals surface area (Å²) >= 11 is 3.71. The highest BCUT2D eigenvalue weighted by atomic mass is 79.9. The van der Waals surface area contributed by atoms with Crippen LogP contribution in [-0.4, -0.2) is 36.3 Å². The summed E-state index contributed by atoms with van der Waals surface area (Å²) in [7, 11) is -3.93. The van der Waals surface area contributed by atoms with E-state index in [1.807, 2.05) is 6.92 Å².